The van der Waals surface area contributed by atoms with E-state index in [9.17, 15) is 17.6 Å². The summed E-state index contributed by atoms with van der Waals surface area (Å²) in [7, 11) is -3.75. The molecule has 3 rings (SSSR count). The van der Waals surface area contributed by atoms with E-state index in [2.05, 4.69) is 11.8 Å². The normalized spacial score (nSPS) is 22.8. The Morgan fingerprint density at radius 3 is 2.56 bits per heavy atom. The van der Waals surface area contributed by atoms with Gasteiger partial charge in [0.1, 0.15) is 5.82 Å². The minimum atomic E-state index is -3.75. The van der Waals surface area contributed by atoms with E-state index in [1.165, 1.54) is 16.8 Å². The summed E-state index contributed by atoms with van der Waals surface area (Å²) in [6, 6.07) is 3.39. The topological polar surface area (TPSA) is 60.9 Å². The van der Waals surface area contributed by atoms with Crippen molar-refractivity contribution >= 4 is 27.5 Å². The molecule has 6 nitrogen and oxygen atoms in total. The largest absolute Gasteiger partial charge is 0.339 e. The molecule has 0 aromatic heterocycles. The summed E-state index contributed by atoms with van der Waals surface area (Å²) in [5.41, 5.74) is 0. The smallest absolute Gasteiger partial charge is 0.243 e. The van der Waals surface area contributed by atoms with Gasteiger partial charge in [0.05, 0.1) is 16.5 Å². The number of hydrogen-bond acceptors (Lipinski definition) is 4. The molecule has 0 spiro atoms. The highest BCUT2D eigenvalue weighted by atomic mass is 35.5. The molecule has 0 aliphatic carbocycles. The third-order valence-corrected chi connectivity index (χ3v) is 7.40. The summed E-state index contributed by atoms with van der Waals surface area (Å²) in [6.07, 6.45) is 2.31. The van der Waals surface area contributed by atoms with E-state index in [1.54, 1.807) is 4.90 Å². The third-order valence-electron chi connectivity index (χ3n) is 5.22. The van der Waals surface area contributed by atoms with Gasteiger partial charge in [0.15, 0.2) is 0 Å². The first-order valence-corrected chi connectivity index (χ1v) is 11.0. The lowest BCUT2D eigenvalue weighted by molar-refractivity contribution is -0.134. The predicted molar refractivity (Wildman–Crippen MR) is 102 cm³/mol. The molecule has 2 heterocycles. The standard InChI is InChI=1S/C18H25ClFN3O3S/c1-14-3-2-6-21(12-14)13-18(24)22-7-9-23(10-8-22)27(25,26)15-4-5-17(20)16(19)11-15/h4-5,11,14H,2-3,6-10,12-13H2,1H3. The van der Waals surface area contributed by atoms with Gasteiger partial charge in [-0.2, -0.15) is 4.31 Å². The minimum absolute atomic E-state index is 0.0315. The van der Waals surface area contributed by atoms with Crippen LogP contribution >= 0.6 is 11.6 Å². The van der Waals surface area contributed by atoms with Gasteiger partial charge in [-0.05, 0) is 43.5 Å². The predicted octanol–water partition coefficient (Wildman–Crippen LogP) is 2.04. The second-order valence-electron chi connectivity index (χ2n) is 7.34. The second kappa shape index (κ2) is 8.43. The number of hydrogen-bond donors (Lipinski definition) is 0. The molecule has 1 amide bonds. The van der Waals surface area contributed by atoms with Gasteiger partial charge in [-0.3, -0.25) is 9.69 Å². The zero-order valence-corrected chi connectivity index (χ0v) is 17.0. The molecule has 2 aliphatic heterocycles. The number of likely N-dealkylation sites (tertiary alicyclic amines) is 1. The van der Waals surface area contributed by atoms with Crippen LogP contribution in [0.25, 0.3) is 0 Å². The van der Waals surface area contributed by atoms with Gasteiger partial charge in [0.2, 0.25) is 15.9 Å². The average Bonchev–Trinajstić information content (AvgIpc) is 2.64. The lowest BCUT2D eigenvalue weighted by Crippen LogP contribution is -2.53. The van der Waals surface area contributed by atoms with Crippen molar-refractivity contribution in [3.8, 4) is 0 Å². The summed E-state index contributed by atoms with van der Waals surface area (Å²) >= 11 is 5.71. The van der Waals surface area contributed by atoms with Gasteiger partial charge in [-0.15, -0.1) is 0 Å². The fourth-order valence-corrected chi connectivity index (χ4v) is 5.38. The summed E-state index contributed by atoms with van der Waals surface area (Å²) < 4.78 is 40.0. The minimum Gasteiger partial charge on any atom is -0.339 e. The number of carbonyl (C=O) groups is 1. The third kappa shape index (κ3) is 4.80. The van der Waals surface area contributed by atoms with E-state index >= 15 is 0 Å². The zero-order valence-electron chi connectivity index (χ0n) is 15.4. The quantitative estimate of drug-likeness (QED) is 0.752. The average molecular weight is 418 g/mol. The van der Waals surface area contributed by atoms with Gasteiger partial charge < -0.3 is 4.90 Å². The molecule has 9 heteroatoms. The fourth-order valence-electron chi connectivity index (χ4n) is 3.69. The first-order chi connectivity index (χ1) is 12.8. The van der Waals surface area contributed by atoms with Gasteiger partial charge in [0, 0.05) is 32.7 Å². The van der Waals surface area contributed by atoms with Crippen LogP contribution in [0.4, 0.5) is 4.39 Å². The summed E-state index contributed by atoms with van der Waals surface area (Å²) in [5, 5.41) is -0.222. The van der Waals surface area contributed by atoms with Crippen LogP contribution in [0.1, 0.15) is 19.8 Å². The lowest BCUT2D eigenvalue weighted by atomic mass is 10.0. The molecule has 0 N–H and O–H groups in total. The van der Waals surface area contributed by atoms with Gasteiger partial charge >= 0.3 is 0 Å². The van der Waals surface area contributed by atoms with E-state index in [1.807, 2.05) is 0 Å². The van der Waals surface area contributed by atoms with Crippen LogP contribution in [-0.4, -0.2) is 74.2 Å². The highest BCUT2D eigenvalue weighted by molar-refractivity contribution is 7.89. The van der Waals surface area contributed by atoms with E-state index in [0.717, 1.165) is 31.6 Å². The molecule has 2 fully saturated rings. The SMILES string of the molecule is CC1CCCN(CC(=O)N2CCN(S(=O)(=O)c3ccc(F)c(Cl)c3)CC2)C1. The second-order valence-corrected chi connectivity index (χ2v) is 9.69. The number of nitrogens with zero attached hydrogens (tertiary/aromatic N) is 3. The molecular formula is C18H25ClFN3O3S. The number of piperidine rings is 1. The van der Waals surface area contributed by atoms with Crippen LogP contribution in [0.5, 0.6) is 0 Å². The van der Waals surface area contributed by atoms with E-state index in [-0.39, 0.29) is 28.9 Å². The number of halogens is 2. The van der Waals surface area contributed by atoms with E-state index < -0.39 is 15.8 Å². The Labute approximate surface area is 164 Å². The van der Waals surface area contributed by atoms with Crippen molar-refractivity contribution in [3.63, 3.8) is 0 Å². The number of sulfonamides is 1. The van der Waals surface area contributed by atoms with Crippen LogP contribution in [0.2, 0.25) is 5.02 Å². The highest BCUT2D eigenvalue weighted by Crippen LogP contribution is 2.23. The highest BCUT2D eigenvalue weighted by Gasteiger charge is 2.31. The molecule has 2 aliphatic rings. The van der Waals surface area contributed by atoms with Crippen molar-refractivity contribution in [3.05, 3.63) is 29.0 Å². The summed E-state index contributed by atoms with van der Waals surface area (Å²) in [5.74, 6) is 0.000104. The van der Waals surface area contributed by atoms with Crippen LogP contribution in [0, 0.1) is 11.7 Å². The summed E-state index contributed by atoms with van der Waals surface area (Å²) in [6.45, 7) is 5.62. The van der Waals surface area contributed by atoms with E-state index in [4.69, 9.17) is 11.6 Å². The maximum absolute atomic E-state index is 13.3. The molecule has 0 radical (unpaired) electrons. The zero-order chi connectivity index (χ0) is 19.6. The van der Waals surface area contributed by atoms with E-state index in [0.29, 0.717) is 25.6 Å². The first-order valence-electron chi connectivity index (χ1n) is 9.22. The van der Waals surface area contributed by atoms with Crippen LogP contribution < -0.4 is 0 Å². The molecule has 150 valence electrons. The Bertz CT molecular complexity index is 797. The number of benzene rings is 1. The lowest BCUT2D eigenvalue weighted by Gasteiger charge is -2.36. The fraction of sp³-hybridized carbons (Fsp3) is 0.611. The van der Waals surface area contributed by atoms with Crippen molar-refractivity contribution in [1.82, 2.24) is 14.1 Å². The first kappa shape index (κ1) is 20.5. The molecule has 1 aromatic rings. The Kier molecular flexibility index (Phi) is 6.40. The number of amides is 1. The van der Waals surface area contributed by atoms with Gasteiger partial charge in [-0.1, -0.05) is 18.5 Å². The summed E-state index contributed by atoms with van der Waals surface area (Å²) in [4.78, 5) is 16.4. The van der Waals surface area contributed by atoms with Crippen molar-refractivity contribution in [2.24, 2.45) is 5.92 Å². The van der Waals surface area contributed by atoms with Gasteiger partial charge in [-0.25, -0.2) is 12.8 Å². The maximum Gasteiger partial charge on any atom is 0.243 e. The molecule has 2 saturated heterocycles. The monoisotopic (exact) mass is 417 g/mol. The number of carbonyl (C=O) groups excluding carboxylic acids is 1. The maximum atomic E-state index is 13.3. The molecule has 0 bridgehead atoms. The van der Waals surface area contributed by atoms with Crippen LogP contribution in [0.15, 0.2) is 23.1 Å². The van der Waals surface area contributed by atoms with Crippen molar-refractivity contribution in [2.75, 3.05) is 45.8 Å². The molecule has 1 aromatic carbocycles. The number of piperazine rings is 1. The Morgan fingerprint density at radius 2 is 1.93 bits per heavy atom. The Morgan fingerprint density at radius 1 is 1.22 bits per heavy atom. The Balaban J connectivity index is 1.57. The number of rotatable bonds is 4. The molecule has 27 heavy (non-hydrogen) atoms. The molecule has 0 saturated carbocycles. The van der Waals surface area contributed by atoms with Crippen molar-refractivity contribution in [2.45, 2.75) is 24.7 Å². The molecular weight excluding hydrogens is 393 g/mol. The molecule has 1 unspecified atom stereocenters. The van der Waals surface area contributed by atoms with Crippen molar-refractivity contribution < 1.29 is 17.6 Å². The van der Waals surface area contributed by atoms with Crippen LogP contribution in [-0.2, 0) is 14.8 Å². The Hall–Kier alpha value is -1.22. The van der Waals surface area contributed by atoms with Crippen LogP contribution in [0.3, 0.4) is 0 Å². The van der Waals surface area contributed by atoms with Crippen molar-refractivity contribution in [1.29, 1.82) is 0 Å². The van der Waals surface area contributed by atoms with Gasteiger partial charge in [0.25, 0.3) is 0 Å². The molecule has 1 atom stereocenters.